The van der Waals surface area contributed by atoms with Crippen LogP contribution in [0.25, 0.3) is 11.2 Å². The molecule has 1 aromatic carbocycles. The molecule has 17 heteroatoms. The lowest BCUT2D eigenvalue weighted by atomic mass is 9.92. The van der Waals surface area contributed by atoms with E-state index in [0.29, 0.717) is 12.0 Å². The van der Waals surface area contributed by atoms with Crippen molar-refractivity contribution in [3.63, 3.8) is 0 Å². The van der Waals surface area contributed by atoms with E-state index in [0.717, 1.165) is 0 Å². The quantitative estimate of drug-likeness (QED) is 0.0972. The van der Waals surface area contributed by atoms with Gasteiger partial charge in [0.25, 0.3) is 5.91 Å². The Hall–Kier alpha value is -5.16. The average molecular weight is 626 g/mol. The number of fused-ring (bicyclic) bond motifs is 1. The molecular weight excluding hydrogens is 590 g/mol. The third-order valence-corrected chi connectivity index (χ3v) is 7.09. The summed E-state index contributed by atoms with van der Waals surface area (Å²) < 4.78 is 19.1. The van der Waals surface area contributed by atoms with Crippen LogP contribution in [0.15, 0.2) is 48.0 Å². The number of hydrogen-bond donors (Lipinski definition) is 5. The summed E-state index contributed by atoms with van der Waals surface area (Å²) in [6, 6.07) is 7.41. The van der Waals surface area contributed by atoms with Crippen LogP contribution in [0.1, 0.15) is 49.7 Å². The molecule has 0 aliphatic carbocycles. The maximum absolute atomic E-state index is 12.8. The molecule has 0 bridgehead atoms. The van der Waals surface area contributed by atoms with Crippen LogP contribution in [0, 0.1) is 5.92 Å². The first kappa shape index (κ1) is 32.7. The fourth-order valence-electron chi connectivity index (χ4n) is 5.06. The topological polar surface area (TPSA) is 262 Å². The maximum Gasteiger partial charge on any atom is 0.320 e. The van der Waals surface area contributed by atoms with Gasteiger partial charge in [0.1, 0.15) is 18.5 Å². The number of nitrogens with two attached hydrogens (primary N) is 3. The number of hydrogen-bond acceptors (Lipinski definition) is 12. The molecule has 1 aliphatic rings. The van der Waals surface area contributed by atoms with Crippen molar-refractivity contribution in [1.29, 1.82) is 0 Å². The molecule has 1 aliphatic heterocycles. The Balaban J connectivity index is 1.67. The molecule has 0 spiro atoms. The molecule has 45 heavy (non-hydrogen) atoms. The van der Waals surface area contributed by atoms with Crippen molar-refractivity contribution in [3.8, 4) is 0 Å². The number of nitrogens with one attached hydrogen (secondary N) is 1. The number of aliphatic imine (C=N–C) groups is 1. The minimum Gasteiger partial charge on any atom is -0.480 e. The molecule has 3 aromatic rings. The average Bonchev–Trinajstić information content (AvgIpc) is 3.56. The molecule has 1 fully saturated rings. The van der Waals surface area contributed by atoms with Gasteiger partial charge in [-0.1, -0.05) is 18.2 Å². The largest absolute Gasteiger partial charge is 0.480 e. The molecule has 2 aromatic heterocycles. The first-order valence-electron chi connectivity index (χ1n) is 14.0. The lowest BCUT2D eigenvalue weighted by Crippen LogP contribution is -2.40. The van der Waals surface area contributed by atoms with E-state index >= 15 is 0 Å². The fraction of sp³-hybridized carbons (Fsp3) is 0.429. The Morgan fingerprint density at radius 3 is 2.38 bits per heavy atom. The van der Waals surface area contributed by atoms with Crippen LogP contribution in [0.4, 0.5) is 5.82 Å². The predicted octanol–water partition coefficient (Wildman–Crippen LogP) is 0.311. The summed E-state index contributed by atoms with van der Waals surface area (Å²) in [6.45, 7) is 2.52. The van der Waals surface area contributed by atoms with Crippen LogP contribution in [-0.2, 0) is 28.6 Å². The second-order valence-electron chi connectivity index (χ2n) is 10.5. The van der Waals surface area contributed by atoms with E-state index in [1.807, 2.05) is 0 Å². The van der Waals surface area contributed by atoms with E-state index in [-0.39, 0.29) is 48.2 Å². The van der Waals surface area contributed by atoms with Crippen LogP contribution in [0.5, 0.6) is 0 Å². The zero-order valence-electron chi connectivity index (χ0n) is 24.6. The smallest absolute Gasteiger partial charge is 0.320 e. The zero-order chi connectivity index (χ0) is 32.7. The number of carbonyl (C=O) groups excluding carboxylic acids is 3. The number of carboxylic acids is 1. The number of carbonyl (C=O) groups is 4. The SMILES string of the molecule is CC(=O)O[C@@H]1[C@H](OC(C)=O)[C@@H](C[C@H](CC[C@H](N)C(=O)O)CN=C(N)N)O[C@H]1n1cnc2c(NC(=O)c3ccccc3)ncnc21. The van der Waals surface area contributed by atoms with Gasteiger partial charge in [-0.05, 0) is 37.3 Å². The highest BCUT2D eigenvalue weighted by molar-refractivity contribution is 6.06. The van der Waals surface area contributed by atoms with Crippen LogP contribution in [0.2, 0.25) is 0 Å². The Kier molecular flexibility index (Phi) is 10.6. The molecule has 0 saturated carbocycles. The van der Waals surface area contributed by atoms with Crippen LogP contribution in [0.3, 0.4) is 0 Å². The van der Waals surface area contributed by atoms with Gasteiger partial charge in [0, 0.05) is 26.0 Å². The molecule has 240 valence electrons. The van der Waals surface area contributed by atoms with Gasteiger partial charge in [0.2, 0.25) is 0 Å². The Morgan fingerprint density at radius 1 is 1.04 bits per heavy atom. The van der Waals surface area contributed by atoms with Crippen molar-refractivity contribution in [3.05, 3.63) is 48.5 Å². The van der Waals surface area contributed by atoms with Gasteiger partial charge in [-0.3, -0.25) is 28.7 Å². The second kappa shape index (κ2) is 14.5. The second-order valence-corrected chi connectivity index (χ2v) is 10.5. The highest BCUT2D eigenvalue weighted by Crippen LogP contribution is 2.39. The Bertz CT molecular complexity index is 1560. The number of imidazole rings is 1. The number of ether oxygens (including phenoxy) is 3. The fourth-order valence-corrected chi connectivity index (χ4v) is 5.06. The van der Waals surface area contributed by atoms with Crippen molar-refractivity contribution >= 4 is 46.8 Å². The van der Waals surface area contributed by atoms with Gasteiger partial charge in [0.05, 0.1) is 6.33 Å². The normalized spacial score (nSPS) is 20.6. The first-order chi connectivity index (χ1) is 21.4. The summed E-state index contributed by atoms with van der Waals surface area (Å²) >= 11 is 0. The van der Waals surface area contributed by atoms with E-state index in [4.69, 9.17) is 31.4 Å². The van der Waals surface area contributed by atoms with Crippen molar-refractivity contribution in [2.75, 3.05) is 11.9 Å². The van der Waals surface area contributed by atoms with Gasteiger partial charge in [-0.25, -0.2) is 15.0 Å². The number of benzene rings is 1. The molecule has 0 unspecified atom stereocenters. The lowest BCUT2D eigenvalue weighted by Gasteiger charge is -2.25. The molecule has 3 heterocycles. The molecule has 4 rings (SSSR count). The number of aromatic nitrogens is 4. The van der Waals surface area contributed by atoms with Crippen molar-refractivity contribution in [1.82, 2.24) is 19.5 Å². The summed E-state index contributed by atoms with van der Waals surface area (Å²) in [5.74, 6) is -3.27. The maximum atomic E-state index is 12.8. The van der Waals surface area contributed by atoms with Gasteiger partial charge in [-0.2, -0.15) is 0 Å². The van der Waals surface area contributed by atoms with Crippen LogP contribution in [-0.4, -0.2) is 85.3 Å². The Labute approximate surface area is 257 Å². The number of esters is 2. The summed E-state index contributed by atoms with van der Waals surface area (Å²) in [5.41, 5.74) is 17.7. The molecule has 17 nitrogen and oxygen atoms in total. The van der Waals surface area contributed by atoms with Gasteiger partial charge in [0.15, 0.2) is 41.4 Å². The van der Waals surface area contributed by atoms with Crippen molar-refractivity contribution in [2.24, 2.45) is 28.1 Å². The van der Waals surface area contributed by atoms with Crippen LogP contribution >= 0.6 is 0 Å². The standard InChI is InChI=1S/C28H35N9O8/c1-14(38)43-21-19(10-16(11-32-28(30)31)8-9-18(29)27(41)42)45-26(22(21)44-15(2)39)37-13-35-20-23(33-12-34-24(20)37)36-25(40)17-6-4-3-5-7-17/h3-7,12-13,16,18-19,21-22,26H,8-11,29H2,1-2H3,(H,41,42)(H4,30,31,32)(H,33,34,36,40)/t16-,18-,19+,21+,22+,26+/m0/s1. The highest BCUT2D eigenvalue weighted by Gasteiger charge is 2.51. The number of aliphatic carboxylic acids is 1. The molecular formula is C28H35N9O8. The van der Waals surface area contributed by atoms with E-state index in [1.54, 1.807) is 30.3 Å². The molecule has 1 amide bonds. The third-order valence-electron chi connectivity index (χ3n) is 7.09. The number of anilines is 1. The number of amides is 1. The number of carboxylic acid groups (broad SMARTS) is 1. The van der Waals surface area contributed by atoms with Crippen molar-refractivity contribution < 1.29 is 38.5 Å². The van der Waals surface area contributed by atoms with Crippen LogP contribution < -0.4 is 22.5 Å². The van der Waals surface area contributed by atoms with E-state index in [2.05, 4.69) is 25.3 Å². The monoisotopic (exact) mass is 625 g/mol. The number of rotatable bonds is 13. The Morgan fingerprint density at radius 2 is 1.73 bits per heavy atom. The summed E-state index contributed by atoms with van der Waals surface area (Å²) in [6.07, 6.45) is -0.961. The van der Waals surface area contributed by atoms with Crippen molar-refractivity contribution in [2.45, 2.75) is 63.7 Å². The first-order valence-corrected chi connectivity index (χ1v) is 14.0. The van der Waals surface area contributed by atoms with Gasteiger partial charge < -0.3 is 41.8 Å². The van der Waals surface area contributed by atoms with Gasteiger partial charge in [-0.15, -0.1) is 0 Å². The summed E-state index contributed by atoms with van der Waals surface area (Å²) in [7, 11) is 0. The molecule has 1 saturated heterocycles. The highest BCUT2D eigenvalue weighted by atomic mass is 16.6. The zero-order valence-corrected chi connectivity index (χ0v) is 24.6. The number of nitrogens with zero attached hydrogens (tertiary/aromatic N) is 5. The predicted molar refractivity (Wildman–Crippen MR) is 158 cm³/mol. The third kappa shape index (κ3) is 8.27. The molecule has 0 radical (unpaired) electrons. The van der Waals surface area contributed by atoms with Gasteiger partial charge >= 0.3 is 17.9 Å². The van der Waals surface area contributed by atoms with E-state index < -0.39 is 54.4 Å². The molecule has 8 N–H and O–H groups in total. The van der Waals surface area contributed by atoms with E-state index in [9.17, 15) is 24.3 Å². The summed E-state index contributed by atoms with van der Waals surface area (Å²) in [5, 5.41) is 12.0. The minimum absolute atomic E-state index is 0.107. The van der Waals surface area contributed by atoms with E-state index in [1.165, 1.54) is 31.1 Å². The lowest BCUT2D eigenvalue weighted by molar-refractivity contribution is -0.165. The minimum atomic E-state index is -1.16. The summed E-state index contributed by atoms with van der Waals surface area (Å²) in [4.78, 5) is 65.5. The molecule has 6 atom stereocenters. The number of guanidine groups is 1.